The summed E-state index contributed by atoms with van der Waals surface area (Å²) in [6.07, 6.45) is 2.91. The molecular weight excluding hydrogens is 174 g/mol. The number of nitrogens with zero attached hydrogens (tertiary/aromatic N) is 1. The third-order valence-corrected chi connectivity index (χ3v) is 3.86. The van der Waals surface area contributed by atoms with Gasteiger partial charge in [0.2, 0.25) is 0 Å². The largest absolute Gasteiger partial charge is 0.870 e. The molecule has 0 aromatic heterocycles. The molecule has 1 fully saturated rings. The van der Waals surface area contributed by atoms with Gasteiger partial charge in [-0.2, -0.15) is 0 Å². The van der Waals surface area contributed by atoms with Gasteiger partial charge in [-0.3, -0.25) is 0 Å². The van der Waals surface area contributed by atoms with Crippen LogP contribution in [-0.2, 0) is 0 Å². The molecule has 86 valence electrons. The number of quaternary nitrogens is 1. The van der Waals surface area contributed by atoms with Crippen LogP contribution in [-0.4, -0.2) is 34.1 Å². The van der Waals surface area contributed by atoms with Crippen molar-refractivity contribution in [2.75, 3.05) is 0 Å². The van der Waals surface area contributed by atoms with Gasteiger partial charge in [0, 0.05) is 12.8 Å². The van der Waals surface area contributed by atoms with Gasteiger partial charge in [0.15, 0.2) is 0 Å². The molecule has 0 spiro atoms. The summed E-state index contributed by atoms with van der Waals surface area (Å²) in [4.78, 5) is 0. The van der Waals surface area contributed by atoms with E-state index in [1.54, 1.807) is 0 Å². The highest BCUT2D eigenvalue weighted by Gasteiger charge is 2.50. The Labute approximate surface area is 89.2 Å². The Morgan fingerprint density at radius 3 is 1.14 bits per heavy atom. The van der Waals surface area contributed by atoms with Crippen LogP contribution in [0, 0.1) is 0 Å². The molecule has 0 aliphatic heterocycles. The summed E-state index contributed by atoms with van der Waals surface area (Å²) in [6, 6.07) is 3.27. The molecule has 0 aromatic rings. The number of hydrogen-bond acceptors (Lipinski definition) is 1. The molecular formula is C12H27NO. The van der Waals surface area contributed by atoms with E-state index >= 15 is 0 Å². The topological polar surface area (TPSA) is 30.0 Å². The Morgan fingerprint density at radius 1 is 0.786 bits per heavy atom. The van der Waals surface area contributed by atoms with Crippen molar-refractivity contribution >= 4 is 0 Å². The minimum atomic E-state index is 0. The lowest BCUT2D eigenvalue weighted by Crippen LogP contribution is -2.63. The first-order chi connectivity index (χ1) is 5.94. The van der Waals surface area contributed by atoms with E-state index in [-0.39, 0.29) is 5.48 Å². The molecule has 0 bridgehead atoms. The average molecular weight is 201 g/mol. The maximum absolute atomic E-state index is 2.39. The normalized spacial score (nSPS) is 17.8. The standard InChI is InChI=1S/C12H26N.H2O/c1-9(2)13(10(3)4,11(5)6)12-7-8-12;/h9-12H,7-8H2,1-6H3;1H2/q+1;/p-1. The minimum absolute atomic E-state index is 0. The van der Waals surface area contributed by atoms with E-state index in [9.17, 15) is 0 Å². The molecule has 1 aliphatic rings. The summed E-state index contributed by atoms with van der Waals surface area (Å²) >= 11 is 0. The van der Waals surface area contributed by atoms with Gasteiger partial charge in [-0.25, -0.2) is 0 Å². The molecule has 1 saturated carbocycles. The molecule has 1 N–H and O–H groups in total. The van der Waals surface area contributed by atoms with Gasteiger partial charge in [-0.15, -0.1) is 0 Å². The summed E-state index contributed by atoms with van der Waals surface area (Å²) in [5, 5.41) is 0. The van der Waals surface area contributed by atoms with E-state index in [0.717, 1.165) is 24.2 Å². The van der Waals surface area contributed by atoms with Crippen LogP contribution in [0.25, 0.3) is 0 Å². The second-order valence-corrected chi connectivity index (χ2v) is 5.41. The van der Waals surface area contributed by atoms with Gasteiger partial charge in [-0.05, 0) is 41.5 Å². The highest BCUT2D eigenvalue weighted by atomic mass is 16.0. The van der Waals surface area contributed by atoms with Crippen molar-refractivity contribution in [2.24, 2.45) is 0 Å². The Morgan fingerprint density at radius 2 is 1.07 bits per heavy atom. The Balaban J connectivity index is 0.00000169. The lowest BCUT2D eigenvalue weighted by atomic mass is 10.1. The van der Waals surface area contributed by atoms with Crippen molar-refractivity contribution in [1.82, 2.24) is 0 Å². The summed E-state index contributed by atoms with van der Waals surface area (Å²) in [7, 11) is 0. The van der Waals surface area contributed by atoms with E-state index in [4.69, 9.17) is 0 Å². The third kappa shape index (κ3) is 1.96. The van der Waals surface area contributed by atoms with Crippen LogP contribution in [0.2, 0.25) is 0 Å². The first kappa shape index (κ1) is 13.9. The zero-order valence-corrected chi connectivity index (χ0v) is 10.6. The van der Waals surface area contributed by atoms with Crippen LogP contribution in [0.15, 0.2) is 0 Å². The molecule has 0 atom stereocenters. The van der Waals surface area contributed by atoms with Crippen molar-refractivity contribution in [2.45, 2.75) is 78.6 Å². The average Bonchev–Trinajstić information content (AvgIpc) is 2.69. The first-order valence-corrected chi connectivity index (χ1v) is 5.81. The van der Waals surface area contributed by atoms with E-state index < -0.39 is 0 Å². The van der Waals surface area contributed by atoms with Crippen molar-refractivity contribution in [3.63, 3.8) is 0 Å². The van der Waals surface area contributed by atoms with Gasteiger partial charge in [-0.1, -0.05) is 0 Å². The smallest absolute Gasteiger partial charge is 0.0900 e. The molecule has 0 radical (unpaired) electrons. The van der Waals surface area contributed by atoms with E-state index in [1.165, 1.54) is 17.3 Å². The van der Waals surface area contributed by atoms with Gasteiger partial charge in [0.05, 0.1) is 24.2 Å². The Bertz CT molecular complexity index is 143. The van der Waals surface area contributed by atoms with Crippen molar-refractivity contribution in [3.8, 4) is 0 Å². The lowest BCUT2D eigenvalue weighted by Gasteiger charge is -2.50. The molecule has 0 heterocycles. The maximum atomic E-state index is 2.39. The molecule has 2 nitrogen and oxygen atoms in total. The van der Waals surface area contributed by atoms with E-state index in [0.29, 0.717) is 0 Å². The predicted octanol–water partition coefficient (Wildman–Crippen LogP) is 3.01. The Kier molecular flexibility index (Phi) is 4.60. The van der Waals surface area contributed by atoms with E-state index in [2.05, 4.69) is 41.5 Å². The molecule has 0 unspecified atom stereocenters. The van der Waals surface area contributed by atoms with Crippen LogP contribution in [0.5, 0.6) is 0 Å². The van der Waals surface area contributed by atoms with Gasteiger partial charge >= 0.3 is 0 Å². The zero-order valence-electron chi connectivity index (χ0n) is 10.6. The quantitative estimate of drug-likeness (QED) is 0.643. The molecule has 0 saturated heterocycles. The molecule has 14 heavy (non-hydrogen) atoms. The number of hydrogen-bond donors (Lipinski definition) is 0. The fraction of sp³-hybridized carbons (Fsp3) is 1.00. The SMILES string of the molecule is CC(C)[N+](C(C)C)(C(C)C)C1CC1.[OH-]. The van der Waals surface area contributed by atoms with E-state index in [1.807, 2.05) is 0 Å². The maximum Gasteiger partial charge on any atom is 0.0900 e. The third-order valence-electron chi connectivity index (χ3n) is 3.86. The van der Waals surface area contributed by atoms with Crippen LogP contribution < -0.4 is 0 Å². The molecule has 0 amide bonds. The summed E-state index contributed by atoms with van der Waals surface area (Å²) in [5.41, 5.74) is 0. The van der Waals surface area contributed by atoms with Crippen molar-refractivity contribution in [3.05, 3.63) is 0 Å². The van der Waals surface area contributed by atoms with Crippen molar-refractivity contribution in [1.29, 1.82) is 0 Å². The highest BCUT2D eigenvalue weighted by molar-refractivity contribution is 4.79. The van der Waals surface area contributed by atoms with Crippen LogP contribution >= 0.6 is 0 Å². The number of rotatable bonds is 4. The van der Waals surface area contributed by atoms with Crippen LogP contribution in [0.4, 0.5) is 0 Å². The predicted molar refractivity (Wildman–Crippen MR) is 60.6 cm³/mol. The summed E-state index contributed by atoms with van der Waals surface area (Å²) in [5.74, 6) is 0. The van der Waals surface area contributed by atoms with Crippen LogP contribution in [0.3, 0.4) is 0 Å². The van der Waals surface area contributed by atoms with Crippen molar-refractivity contribution < 1.29 is 9.96 Å². The lowest BCUT2D eigenvalue weighted by molar-refractivity contribution is -0.994. The molecule has 1 aliphatic carbocycles. The molecule has 2 heteroatoms. The van der Waals surface area contributed by atoms with Gasteiger partial charge in [0.25, 0.3) is 0 Å². The first-order valence-electron chi connectivity index (χ1n) is 5.81. The fourth-order valence-corrected chi connectivity index (χ4v) is 3.58. The highest BCUT2D eigenvalue weighted by Crippen LogP contribution is 2.41. The zero-order chi connectivity index (χ0) is 10.2. The van der Waals surface area contributed by atoms with Gasteiger partial charge < -0.3 is 9.96 Å². The van der Waals surface area contributed by atoms with Crippen LogP contribution in [0.1, 0.15) is 54.4 Å². The molecule has 1 rings (SSSR count). The Hall–Kier alpha value is -0.0800. The summed E-state index contributed by atoms with van der Waals surface area (Å²) < 4.78 is 1.33. The molecule has 0 aromatic carbocycles. The summed E-state index contributed by atoms with van der Waals surface area (Å²) in [6.45, 7) is 14.3. The second kappa shape index (κ2) is 4.63. The van der Waals surface area contributed by atoms with Gasteiger partial charge in [0.1, 0.15) is 0 Å². The monoisotopic (exact) mass is 201 g/mol. The second-order valence-electron chi connectivity index (χ2n) is 5.41. The fourth-order valence-electron chi connectivity index (χ4n) is 3.58. The minimum Gasteiger partial charge on any atom is -0.870 e.